The quantitative estimate of drug-likeness (QED) is 0.347. The summed E-state index contributed by atoms with van der Waals surface area (Å²) in [6, 6.07) is 7.45. The van der Waals surface area contributed by atoms with Gasteiger partial charge in [-0.1, -0.05) is 30.3 Å². The predicted molar refractivity (Wildman–Crippen MR) is 144 cm³/mol. The molecule has 1 aliphatic heterocycles. The van der Waals surface area contributed by atoms with Crippen molar-refractivity contribution < 1.29 is 9.59 Å². The van der Waals surface area contributed by atoms with Crippen LogP contribution in [0.1, 0.15) is 12.5 Å². The molecule has 0 aliphatic carbocycles. The molecule has 37 heavy (non-hydrogen) atoms. The molecule has 3 N–H and O–H groups in total. The summed E-state index contributed by atoms with van der Waals surface area (Å²) in [6.45, 7) is 10.4. The van der Waals surface area contributed by atoms with Gasteiger partial charge in [0.25, 0.3) is 0 Å². The Balaban J connectivity index is 1.30. The van der Waals surface area contributed by atoms with Crippen LogP contribution in [0.2, 0.25) is 5.02 Å². The number of aromatic nitrogens is 4. The van der Waals surface area contributed by atoms with Crippen molar-refractivity contribution in [1.82, 2.24) is 29.5 Å². The highest BCUT2D eigenvalue weighted by atomic mass is 35.5. The Hall–Kier alpha value is -3.96. The van der Waals surface area contributed by atoms with Crippen molar-refractivity contribution in [2.45, 2.75) is 20.0 Å². The molecular weight excluding hydrogens is 494 g/mol. The molecule has 0 atom stereocenters. The lowest BCUT2D eigenvalue weighted by Gasteiger charge is -2.34. The van der Waals surface area contributed by atoms with Crippen molar-refractivity contribution in [1.29, 1.82) is 0 Å². The number of amides is 2. The normalized spacial score (nSPS) is 13.7. The number of halogens is 1. The van der Waals surface area contributed by atoms with Crippen LogP contribution in [-0.2, 0) is 22.7 Å². The van der Waals surface area contributed by atoms with Crippen LogP contribution in [-0.4, -0.2) is 74.1 Å². The zero-order chi connectivity index (χ0) is 26.2. The Morgan fingerprint density at radius 3 is 2.70 bits per heavy atom. The van der Waals surface area contributed by atoms with E-state index in [2.05, 4.69) is 42.5 Å². The van der Waals surface area contributed by atoms with Gasteiger partial charge < -0.3 is 20.9 Å². The van der Waals surface area contributed by atoms with E-state index in [1.165, 1.54) is 12.3 Å². The van der Waals surface area contributed by atoms with Gasteiger partial charge in [0.2, 0.25) is 17.8 Å². The number of carbonyl (C=O) groups excluding carboxylic acids is 2. The third kappa shape index (κ3) is 7.51. The standard InChI is InChI=1S/C25H30ClN9O2/c1-3-23(37)30-20-6-4-5-19(13-20)14-27-24-22(26)16-28-25(32-24)31-21-15-29-35(17-21)12-9-33-7-10-34(11-8-33)18(2)36/h3-6,13,15-17H,1,7-12,14H2,2H3,(H,30,37)(H2,27,28,31,32). The maximum Gasteiger partial charge on any atom is 0.247 e. The zero-order valence-electron chi connectivity index (χ0n) is 20.7. The molecular formula is C25H30ClN9O2. The van der Waals surface area contributed by atoms with Crippen LogP contribution in [0.3, 0.4) is 0 Å². The van der Waals surface area contributed by atoms with Crippen molar-refractivity contribution in [2.75, 3.05) is 48.7 Å². The third-order valence-corrected chi connectivity index (χ3v) is 6.21. The van der Waals surface area contributed by atoms with Crippen LogP contribution < -0.4 is 16.0 Å². The highest BCUT2D eigenvalue weighted by Gasteiger charge is 2.18. The molecule has 1 fully saturated rings. The molecule has 11 nitrogen and oxygen atoms in total. The molecule has 194 valence electrons. The zero-order valence-corrected chi connectivity index (χ0v) is 21.4. The fourth-order valence-corrected chi connectivity index (χ4v) is 4.06. The molecule has 12 heteroatoms. The molecule has 0 spiro atoms. The van der Waals surface area contributed by atoms with Gasteiger partial charge in [-0.05, 0) is 23.8 Å². The van der Waals surface area contributed by atoms with E-state index in [0.29, 0.717) is 29.0 Å². The van der Waals surface area contributed by atoms with Gasteiger partial charge in [-0.3, -0.25) is 19.2 Å². The van der Waals surface area contributed by atoms with E-state index in [9.17, 15) is 9.59 Å². The van der Waals surface area contributed by atoms with E-state index < -0.39 is 0 Å². The molecule has 2 aromatic heterocycles. The average Bonchev–Trinajstić information content (AvgIpc) is 3.35. The van der Waals surface area contributed by atoms with Crippen molar-refractivity contribution in [3.8, 4) is 0 Å². The lowest BCUT2D eigenvalue weighted by molar-refractivity contribution is -0.130. The molecule has 1 saturated heterocycles. The molecule has 1 aliphatic rings. The van der Waals surface area contributed by atoms with E-state index in [1.54, 1.807) is 19.2 Å². The molecule has 3 heterocycles. The Morgan fingerprint density at radius 2 is 1.95 bits per heavy atom. The van der Waals surface area contributed by atoms with Gasteiger partial charge in [-0.15, -0.1) is 0 Å². The lowest BCUT2D eigenvalue weighted by Crippen LogP contribution is -2.48. The molecule has 0 saturated carbocycles. The van der Waals surface area contributed by atoms with Gasteiger partial charge in [0.05, 0.1) is 24.6 Å². The second kappa shape index (κ2) is 12.3. The van der Waals surface area contributed by atoms with Crippen LogP contribution in [0, 0.1) is 0 Å². The van der Waals surface area contributed by atoms with Gasteiger partial charge in [-0.2, -0.15) is 10.1 Å². The minimum Gasteiger partial charge on any atom is -0.365 e. The van der Waals surface area contributed by atoms with E-state index in [0.717, 1.165) is 50.5 Å². The number of benzene rings is 1. The second-order valence-electron chi connectivity index (χ2n) is 8.60. The molecule has 0 bridgehead atoms. The Labute approximate surface area is 220 Å². The van der Waals surface area contributed by atoms with Crippen molar-refractivity contribution in [2.24, 2.45) is 0 Å². The number of piperazine rings is 1. The van der Waals surface area contributed by atoms with E-state index in [1.807, 2.05) is 34.0 Å². The Kier molecular flexibility index (Phi) is 8.70. The molecule has 2 amide bonds. The number of nitrogens with one attached hydrogen (secondary N) is 3. The van der Waals surface area contributed by atoms with Gasteiger partial charge >= 0.3 is 0 Å². The van der Waals surface area contributed by atoms with Crippen LogP contribution in [0.15, 0.2) is 55.5 Å². The monoisotopic (exact) mass is 523 g/mol. The summed E-state index contributed by atoms with van der Waals surface area (Å²) in [5.41, 5.74) is 2.38. The van der Waals surface area contributed by atoms with Gasteiger partial charge in [0.15, 0.2) is 5.82 Å². The van der Waals surface area contributed by atoms with Gasteiger partial charge in [-0.25, -0.2) is 4.98 Å². The van der Waals surface area contributed by atoms with E-state index >= 15 is 0 Å². The van der Waals surface area contributed by atoms with Gasteiger partial charge in [0.1, 0.15) is 5.02 Å². The van der Waals surface area contributed by atoms with Crippen molar-refractivity contribution in [3.05, 3.63) is 66.1 Å². The minimum absolute atomic E-state index is 0.133. The van der Waals surface area contributed by atoms with E-state index in [-0.39, 0.29) is 11.8 Å². The second-order valence-corrected chi connectivity index (χ2v) is 9.01. The number of anilines is 4. The first kappa shape index (κ1) is 26.1. The summed E-state index contributed by atoms with van der Waals surface area (Å²) >= 11 is 6.30. The summed E-state index contributed by atoms with van der Waals surface area (Å²) in [6.07, 6.45) is 6.38. The number of hydrogen-bond donors (Lipinski definition) is 3. The summed E-state index contributed by atoms with van der Waals surface area (Å²) in [4.78, 5) is 36.0. The number of nitrogens with zero attached hydrogens (tertiary/aromatic N) is 6. The smallest absolute Gasteiger partial charge is 0.247 e. The molecule has 1 aromatic carbocycles. The summed E-state index contributed by atoms with van der Waals surface area (Å²) < 4.78 is 1.87. The number of carbonyl (C=O) groups is 2. The maximum absolute atomic E-state index is 11.5. The summed E-state index contributed by atoms with van der Waals surface area (Å²) in [5.74, 6) is 0.736. The van der Waals surface area contributed by atoms with Crippen LogP contribution in [0.5, 0.6) is 0 Å². The van der Waals surface area contributed by atoms with Crippen molar-refractivity contribution in [3.63, 3.8) is 0 Å². The summed E-state index contributed by atoms with van der Waals surface area (Å²) in [5, 5.41) is 13.9. The molecule has 3 aromatic rings. The predicted octanol–water partition coefficient (Wildman–Crippen LogP) is 2.97. The van der Waals surface area contributed by atoms with Crippen LogP contribution >= 0.6 is 11.6 Å². The van der Waals surface area contributed by atoms with Crippen molar-refractivity contribution >= 4 is 46.6 Å². The van der Waals surface area contributed by atoms with Crippen LogP contribution in [0.25, 0.3) is 0 Å². The largest absolute Gasteiger partial charge is 0.365 e. The first-order valence-corrected chi connectivity index (χ1v) is 12.3. The fourth-order valence-electron chi connectivity index (χ4n) is 3.90. The Morgan fingerprint density at radius 1 is 1.14 bits per heavy atom. The molecule has 0 radical (unpaired) electrons. The van der Waals surface area contributed by atoms with Gasteiger partial charge in [0, 0.05) is 58.1 Å². The SMILES string of the molecule is C=CC(=O)Nc1cccc(CNc2nc(Nc3cnn(CCN4CCN(C(C)=O)CC4)c3)ncc2Cl)c1. The summed E-state index contributed by atoms with van der Waals surface area (Å²) in [7, 11) is 0. The Bertz CT molecular complexity index is 1250. The lowest BCUT2D eigenvalue weighted by atomic mass is 10.2. The topological polar surface area (TPSA) is 120 Å². The number of rotatable bonds is 10. The highest BCUT2D eigenvalue weighted by molar-refractivity contribution is 6.32. The first-order chi connectivity index (χ1) is 17.9. The third-order valence-electron chi connectivity index (χ3n) is 5.94. The van der Waals surface area contributed by atoms with E-state index in [4.69, 9.17) is 11.6 Å². The highest BCUT2D eigenvalue weighted by Crippen LogP contribution is 2.22. The fraction of sp³-hybridized carbons (Fsp3) is 0.320. The molecule has 4 rings (SSSR count). The van der Waals surface area contributed by atoms with Crippen LogP contribution in [0.4, 0.5) is 23.1 Å². The minimum atomic E-state index is -0.268. The first-order valence-electron chi connectivity index (χ1n) is 12.0. The maximum atomic E-state index is 11.5. The molecule has 0 unspecified atom stereocenters. The number of hydrogen-bond acceptors (Lipinski definition) is 8. The average molecular weight is 524 g/mol.